The van der Waals surface area contributed by atoms with Crippen molar-refractivity contribution >= 4 is 15.9 Å². The fraction of sp³-hybridized carbons (Fsp3) is 0.538. The van der Waals surface area contributed by atoms with Crippen molar-refractivity contribution in [3.8, 4) is 11.5 Å². The molecule has 0 aromatic heterocycles. The third kappa shape index (κ3) is 9.28. The lowest BCUT2D eigenvalue weighted by Crippen LogP contribution is -1.93. The molecule has 28 heavy (non-hydrogen) atoms. The summed E-state index contributed by atoms with van der Waals surface area (Å²) in [5.41, 5.74) is 1.31. The Morgan fingerprint density at radius 2 is 1.11 bits per heavy atom. The molecule has 0 saturated heterocycles. The molecule has 0 aliphatic rings. The molecule has 1 nitrogen and oxygen atoms in total. The Labute approximate surface area is 181 Å². The maximum Gasteiger partial charge on any atom is 0.141 e. The van der Waals surface area contributed by atoms with Crippen molar-refractivity contribution in [1.29, 1.82) is 0 Å². The SMILES string of the molecule is CCCCCCCCCCCCCCc1ccccc1Oc1ccccc1Br. The number of para-hydroxylation sites is 2. The first-order chi connectivity index (χ1) is 13.8. The van der Waals surface area contributed by atoms with Crippen LogP contribution < -0.4 is 4.74 Å². The van der Waals surface area contributed by atoms with Crippen molar-refractivity contribution in [2.75, 3.05) is 0 Å². The highest BCUT2D eigenvalue weighted by molar-refractivity contribution is 9.10. The molecule has 0 N–H and O–H groups in total. The standard InChI is InChI=1S/C26H37BrO/c1-2-3-4-5-6-7-8-9-10-11-12-13-18-23-19-14-16-21-25(23)28-26-22-17-15-20-24(26)27/h14-17,19-22H,2-13,18H2,1H3. The number of rotatable bonds is 15. The van der Waals surface area contributed by atoms with Gasteiger partial charge in [-0.25, -0.2) is 0 Å². The van der Waals surface area contributed by atoms with Gasteiger partial charge in [0, 0.05) is 0 Å². The fourth-order valence-electron chi connectivity index (χ4n) is 3.61. The van der Waals surface area contributed by atoms with E-state index in [1.54, 1.807) is 0 Å². The van der Waals surface area contributed by atoms with Gasteiger partial charge in [-0.15, -0.1) is 0 Å². The van der Waals surface area contributed by atoms with E-state index in [1.165, 1.54) is 82.6 Å². The molecule has 0 heterocycles. The van der Waals surface area contributed by atoms with Crippen LogP contribution in [-0.2, 0) is 6.42 Å². The molecule has 0 aliphatic heterocycles. The zero-order chi connectivity index (χ0) is 19.9. The number of halogens is 1. The first kappa shape index (κ1) is 23.0. The Balaban J connectivity index is 1.59. The van der Waals surface area contributed by atoms with Crippen molar-refractivity contribution in [1.82, 2.24) is 0 Å². The second-order valence-corrected chi connectivity index (χ2v) is 8.63. The smallest absolute Gasteiger partial charge is 0.141 e. The fourth-order valence-corrected chi connectivity index (χ4v) is 3.98. The van der Waals surface area contributed by atoms with Crippen molar-refractivity contribution in [2.45, 2.75) is 90.4 Å². The van der Waals surface area contributed by atoms with E-state index >= 15 is 0 Å². The largest absolute Gasteiger partial charge is 0.456 e. The summed E-state index contributed by atoms with van der Waals surface area (Å²) in [6, 6.07) is 16.5. The lowest BCUT2D eigenvalue weighted by Gasteiger charge is -2.12. The molecule has 0 unspecified atom stereocenters. The Bertz CT molecular complexity index is 652. The highest BCUT2D eigenvalue weighted by atomic mass is 79.9. The third-order valence-electron chi connectivity index (χ3n) is 5.33. The van der Waals surface area contributed by atoms with Crippen LogP contribution in [-0.4, -0.2) is 0 Å². The van der Waals surface area contributed by atoms with Crippen LogP contribution in [0.4, 0.5) is 0 Å². The summed E-state index contributed by atoms with van der Waals surface area (Å²) in [7, 11) is 0. The van der Waals surface area contributed by atoms with Crippen molar-refractivity contribution in [2.24, 2.45) is 0 Å². The first-order valence-electron chi connectivity index (χ1n) is 11.3. The molecule has 0 radical (unpaired) electrons. The molecule has 2 heteroatoms. The molecule has 2 aromatic carbocycles. The third-order valence-corrected chi connectivity index (χ3v) is 5.98. The predicted octanol–water partition coefficient (Wildman–Crippen LogP) is 9.48. The van der Waals surface area contributed by atoms with Crippen LogP contribution in [0.2, 0.25) is 0 Å². The van der Waals surface area contributed by atoms with Gasteiger partial charge < -0.3 is 4.74 Å². The lowest BCUT2D eigenvalue weighted by atomic mass is 10.0. The molecule has 0 atom stereocenters. The van der Waals surface area contributed by atoms with Gasteiger partial charge in [0.25, 0.3) is 0 Å². The predicted molar refractivity (Wildman–Crippen MR) is 125 cm³/mol. The van der Waals surface area contributed by atoms with E-state index in [2.05, 4.69) is 47.1 Å². The molecule has 0 aliphatic carbocycles. The second kappa shape index (κ2) is 14.7. The summed E-state index contributed by atoms with van der Waals surface area (Å²) < 4.78 is 7.15. The minimum atomic E-state index is 0.879. The van der Waals surface area contributed by atoms with Crippen LogP contribution in [0.3, 0.4) is 0 Å². The Kier molecular flexibility index (Phi) is 12.1. The molecule has 0 spiro atoms. The number of benzene rings is 2. The molecule has 0 amide bonds. The summed E-state index contributed by atoms with van der Waals surface area (Å²) in [6.07, 6.45) is 17.8. The van der Waals surface area contributed by atoms with Crippen LogP contribution in [0.5, 0.6) is 11.5 Å². The molecule has 0 bridgehead atoms. The zero-order valence-electron chi connectivity index (χ0n) is 17.6. The molecular formula is C26H37BrO. The summed E-state index contributed by atoms with van der Waals surface area (Å²) in [6.45, 7) is 2.29. The van der Waals surface area contributed by atoms with Crippen LogP contribution >= 0.6 is 15.9 Å². The number of ether oxygens (including phenoxy) is 1. The Morgan fingerprint density at radius 3 is 1.71 bits per heavy atom. The van der Waals surface area contributed by atoms with Gasteiger partial charge in [0.15, 0.2) is 0 Å². The van der Waals surface area contributed by atoms with Gasteiger partial charge in [-0.1, -0.05) is 108 Å². The lowest BCUT2D eigenvalue weighted by molar-refractivity contribution is 0.471. The highest BCUT2D eigenvalue weighted by Crippen LogP contribution is 2.31. The number of aryl methyl sites for hydroxylation is 1. The number of unbranched alkanes of at least 4 members (excludes halogenated alkanes) is 11. The number of hydrogen-bond donors (Lipinski definition) is 0. The van der Waals surface area contributed by atoms with E-state index in [0.29, 0.717) is 0 Å². The molecule has 2 rings (SSSR count). The monoisotopic (exact) mass is 444 g/mol. The first-order valence-corrected chi connectivity index (χ1v) is 12.1. The van der Waals surface area contributed by atoms with Gasteiger partial charge in [-0.3, -0.25) is 0 Å². The normalized spacial score (nSPS) is 10.9. The van der Waals surface area contributed by atoms with E-state index < -0.39 is 0 Å². The summed E-state index contributed by atoms with van der Waals surface area (Å²) in [5, 5.41) is 0. The van der Waals surface area contributed by atoms with E-state index in [4.69, 9.17) is 4.74 Å². The Hall–Kier alpha value is -1.28. The van der Waals surface area contributed by atoms with Gasteiger partial charge in [0.05, 0.1) is 4.47 Å². The van der Waals surface area contributed by atoms with Crippen LogP contribution in [0.25, 0.3) is 0 Å². The zero-order valence-corrected chi connectivity index (χ0v) is 19.2. The quantitative estimate of drug-likeness (QED) is 0.248. The highest BCUT2D eigenvalue weighted by Gasteiger charge is 2.06. The Morgan fingerprint density at radius 1 is 0.607 bits per heavy atom. The van der Waals surface area contributed by atoms with Crippen molar-refractivity contribution in [3.05, 3.63) is 58.6 Å². The molecule has 154 valence electrons. The van der Waals surface area contributed by atoms with Gasteiger partial charge in [-0.2, -0.15) is 0 Å². The second-order valence-electron chi connectivity index (χ2n) is 7.78. The topological polar surface area (TPSA) is 9.23 Å². The van der Waals surface area contributed by atoms with Crippen molar-refractivity contribution in [3.63, 3.8) is 0 Å². The van der Waals surface area contributed by atoms with Crippen LogP contribution in [0, 0.1) is 0 Å². The van der Waals surface area contributed by atoms with Crippen molar-refractivity contribution < 1.29 is 4.74 Å². The van der Waals surface area contributed by atoms with Gasteiger partial charge in [0.1, 0.15) is 11.5 Å². The van der Waals surface area contributed by atoms with Crippen LogP contribution in [0.1, 0.15) is 89.5 Å². The van der Waals surface area contributed by atoms with Gasteiger partial charge in [-0.05, 0) is 52.5 Å². The average molecular weight is 445 g/mol. The van der Waals surface area contributed by atoms with Crippen LogP contribution in [0.15, 0.2) is 53.0 Å². The average Bonchev–Trinajstić information content (AvgIpc) is 2.71. The molecular weight excluding hydrogens is 408 g/mol. The molecule has 0 fully saturated rings. The minimum absolute atomic E-state index is 0.879. The van der Waals surface area contributed by atoms with Gasteiger partial charge >= 0.3 is 0 Å². The summed E-state index contributed by atoms with van der Waals surface area (Å²) >= 11 is 3.57. The maximum atomic E-state index is 6.15. The molecule has 2 aromatic rings. The molecule has 0 saturated carbocycles. The van der Waals surface area contributed by atoms with E-state index in [0.717, 1.165) is 22.4 Å². The maximum absolute atomic E-state index is 6.15. The van der Waals surface area contributed by atoms with E-state index in [9.17, 15) is 0 Å². The van der Waals surface area contributed by atoms with E-state index in [-0.39, 0.29) is 0 Å². The summed E-state index contributed by atoms with van der Waals surface area (Å²) in [5.74, 6) is 1.86. The minimum Gasteiger partial charge on any atom is -0.456 e. The van der Waals surface area contributed by atoms with Gasteiger partial charge in [0.2, 0.25) is 0 Å². The van der Waals surface area contributed by atoms with E-state index in [1.807, 2.05) is 24.3 Å². The summed E-state index contributed by atoms with van der Waals surface area (Å²) in [4.78, 5) is 0. The number of hydrogen-bond acceptors (Lipinski definition) is 1.